The van der Waals surface area contributed by atoms with Crippen molar-refractivity contribution in [3.8, 4) is 5.75 Å². The second-order valence-electron chi connectivity index (χ2n) is 4.62. The number of hydrogen-bond donors (Lipinski definition) is 2. The van der Waals surface area contributed by atoms with E-state index in [1.54, 1.807) is 0 Å². The topological polar surface area (TPSA) is 67.4 Å². The first-order valence-electron chi connectivity index (χ1n) is 6.36. The fourth-order valence-electron chi connectivity index (χ4n) is 2.06. The van der Waals surface area contributed by atoms with Gasteiger partial charge >= 0.3 is 6.61 Å². The second kappa shape index (κ2) is 8.26. The van der Waals surface area contributed by atoms with E-state index in [1.165, 1.54) is 6.07 Å². The molecule has 1 fully saturated rings. The maximum Gasteiger partial charge on any atom is 0.387 e. The van der Waals surface area contributed by atoms with E-state index in [2.05, 4.69) is 14.8 Å². The van der Waals surface area contributed by atoms with E-state index in [4.69, 9.17) is 11.6 Å². The molecule has 0 amide bonds. The van der Waals surface area contributed by atoms with Crippen LogP contribution in [0.3, 0.4) is 0 Å². The molecule has 2 rings (SSSR count). The highest BCUT2D eigenvalue weighted by Gasteiger charge is 2.20. The standard InChI is InChI=1S/C12H15ClF2N2O3S.ClH/c13-10-6-9(3-4-11(10)20-12(14)15)21(18,19)17-7-8-2-1-5-16-8;/h3-4,6,8,12,16-17H,1-2,5,7H2;1H. The average Bonchev–Trinajstić information content (AvgIpc) is 2.91. The minimum Gasteiger partial charge on any atom is -0.433 e. The highest BCUT2D eigenvalue weighted by molar-refractivity contribution is 7.89. The lowest BCUT2D eigenvalue weighted by molar-refractivity contribution is -0.0498. The number of alkyl halides is 2. The molecular weight excluding hydrogens is 361 g/mol. The summed E-state index contributed by atoms with van der Waals surface area (Å²) in [5, 5.41) is 2.98. The van der Waals surface area contributed by atoms with Crippen LogP contribution in [-0.4, -0.2) is 34.2 Å². The molecule has 5 nitrogen and oxygen atoms in total. The third-order valence-electron chi connectivity index (χ3n) is 3.11. The molecular formula is C12H16Cl2F2N2O3S. The van der Waals surface area contributed by atoms with Gasteiger partial charge in [0.05, 0.1) is 9.92 Å². The van der Waals surface area contributed by atoms with Gasteiger partial charge in [0.25, 0.3) is 0 Å². The minimum atomic E-state index is -3.73. The molecule has 0 saturated carbocycles. The van der Waals surface area contributed by atoms with Crippen molar-refractivity contribution in [1.82, 2.24) is 10.0 Å². The molecule has 0 aliphatic carbocycles. The lowest BCUT2D eigenvalue weighted by Gasteiger charge is -2.13. The summed E-state index contributed by atoms with van der Waals surface area (Å²) < 4.78 is 55.0. The van der Waals surface area contributed by atoms with Gasteiger partial charge in [-0.25, -0.2) is 13.1 Å². The molecule has 0 aromatic heterocycles. The van der Waals surface area contributed by atoms with Gasteiger partial charge in [-0.05, 0) is 37.6 Å². The molecule has 0 bridgehead atoms. The predicted octanol–water partition coefficient (Wildman–Crippen LogP) is 2.39. The number of ether oxygens (including phenoxy) is 1. The largest absolute Gasteiger partial charge is 0.433 e. The Kier molecular flexibility index (Phi) is 7.27. The predicted molar refractivity (Wildman–Crippen MR) is 81.5 cm³/mol. The normalized spacial score (nSPS) is 18.3. The smallest absolute Gasteiger partial charge is 0.387 e. The van der Waals surface area contributed by atoms with Gasteiger partial charge in [-0.2, -0.15) is 8.78 Å². The highest BCUT2D eigenvalue weighted by Crippen LogP contribution is 2.28. The maximum atomic E-state index is 12.1. The van der Waals surface area contributed by atoms with Gasteiger partial charge < -0.3 is 10.1 Å². The van der Waals surface area contributed by atoms with Crippen molar-refractivity contribution < 1.29 is 21.9 Å². The third kappa shape index (κ3) is 5.20. The molecule has 0 spiro atoms. The van der Waals surface area contributed by atoms with E-state index in [0.29, 0.717) is 0 Å². The quantitative estimate of drug-likeness (QED) is 0.799. The Balaban J connectivity index is 0.00000242. The first-order chi connectivity index (χ1) is 9.88. The van der Waals surface area contributed by atoms with Crippen LogP contribution in [0.4, 0.5) is 8.78 Å². The summed E-state index contributed by atoms with van der Waals surface area (Å²) in [6, 6.07) is 3.48. The van der Waals surface area contributed by atoms with Crippen molar-refractivity contribution in [2.45, 2.75) is 30.4 Å². The van der Waals surface area contributed by atoms with Crippen LogP contribution in [-0.2, 0) is 10.0 Å². The Hall–Kier alpha value is -0.670. The van der Waals surface area contributed by atoms with Crippen LogP contribution in [0.15, 0.2) is 23.1 Å². The van der Waals surface area contributed by atoms with E-state index in [-0.39, 0.29) is 40.7 Å². The zero-order chi connectivity index (χ0) is 15.5. The zero-order valence-electron chi connectivity index (χ0n) is 11.4. The maximum absolute atomic E-state index is 12.1. The Morgan fingerprint density at radius 2 is 2.18 bits per heavy atom. The van der Waals surface area contributed by atoms with E-state index in [9.17, 15) is 17.2 Å². The molecule has 126 valence electrons. The number of sulfonamides is 1. The van der Waals surface area contributed by atoms with Crippen LogP contribution in [0.1, 0.15) is 12.8 Å². The fraction of sp³-hybridized carbons (Fsp3) is 0.500. The van der Waals surface area contributed by atoms with Crippen molar-refractivity contribution in [3.63, 3.8) is 0 Å². The second-order valence-corrected chi connectivity index (χ2v) is 6.79. The molecule has 1 aromatic rings. The zero-order valence-corrected chi connectivity index (χ0v) is 13.8. The fourth-order valence-corrected chi connectivity index (χ4v) is 3.46. The summed E-state index contributed by atoms with van der Waals surface area (Å²) in [5.41, 5.74) is 0. The van der Waals surface area contributed by atoms with Gasteiger partial charge in [-0.3, -0.25) is 0 Å². The summed E-state index contributed by atoms with van der Waals surface area (Å²) in [7, 11) is -3.73. The Bertz CT molecular complexity index is 596. The summed E-state index contributed by atoms with van der Waals surface area (Å²) in [4.78, 5) is -0.0906. The Labute approximate surface area is 138 Å². The molecule has 1 atom stereocenters. The first-order valence-corrected chi connectivity index (χ1v) is 8.22. The molecule has 1 aliphatic heterocycles. The number of nitrogens with one attached hydrogen (secondary N) is 2. The monoisotopic (exact) mass is 376 g/mol. The molecule has 1 saturated heterocycles. The molecule has 1 heterocycles. The van der Waals surface area contributed by atoms with E-state index < -0.39 is 16.6 Å². The SMILES string of the molecule is Cl.O=S(=O)(NCC1CCCN1)c1ccc(OC(F)F)c(Cl)c1. The lowest BCUT2D eigenvalue weighted by atomic mass is 10.2. The molecule has 1 aliphatic rings. The van der Waals surface area contributed by atoms with Crippen molar-refractivity contribution >= 4 is 34.0 Å². The third-order valence-corrected chi connectivity index (χ3v) is 4.83. The lowest BCUT2D eigenvalue weighted by Crippen LogP contribution is -2.37. The van der Waals surface area contributed by atoms with Gasteiger partial charge in [-0.1, -0.05) is 11.6 Å². The van der Waals surface area contributed by atoms with Crippen molar-refractivity contribution in [2.75, 3.05) is 13.1 Å². The van der Waals surface area contributed by atoms with Crippen LogP contribution >= 0.6 is 24.0 Å². The van der Waals surface area contributed by atoms with Crippen LogP contribution in [0, 0.1) is 0 Å². The summed E-state index contributed by atoms with van der Waals surface area (Å²) in [6.07, 6.45) is 1.92. The van der Waals surface area contributed by atoms with Gasteiger partial charge in [-0.15, -0.1) is 12.4 Å². The minimum absolute atomic E-state index is 0. The van der Waals surface area contributed by atoms with Crippen molar-refractivity contribution in [2.24, 2.45) is 0 Å². The van der Waals surface area contributed by atoms with Crippen LogP contribution in [0.5, 0.6) is 5.75 Å². The Morgan fingerprint density at radius 1 is 1.45 bits per heavy atom. The summed E-state index contributed by atoms with van der Waals surface area (Å²) >= 11 is 5.74. The number of benzene rings is 1. The average molecular weight is 377 g/mol. The van der Waals surface area contributed by atoms with E-state index in [0.717, 1.165) is 31.5 Å². The van der Waals surface area contributed by atoms with E-state index in [1.807, 2.05) is 0 Å². The van der Waals surface area contributed by atoms with E-state index >= 15 is 0 Å². The van der Waals surface area contributed by atoms with Gasteiger partial charge in [0.15, 0.2) is 0 Å². The van der Waals surface area contributed by atoms with Gasteiger partial charge in [0.2, 0.25) is 10.0 Å². The van der Waals surface area contributed by atoms with Gasteiger partial charge in [0, 0.05) is 12.6 Å². The number of hydrogen-bond acceptors (Lipinski definition) is 4. The molecule has 22 heavy (non-hydrogen) atoms. The molecule has 1 unspecified atom stereocenters. The molecule has 1 aromatic carbocycles. The first kappa shape index (κ1) is 19.4. The number of halogens is 4. The van der Waals surface area contributed by atoms with Crippen molar-refractivity contribution in [3.05, 3.63) is 23.2 Å². The summed E-state index contributed by atoms with van der Waals surface area (Å²) in [6.45, 7) is -1.87. The molecule has 0 radical (unpaired) electrons. The van der Waals surface area contributed by atoms with Crippen LogP contribution in [0.25, 0.3) is 0 Å². The van der Waals surface area contributed by atoms with Crippen LogP contribution in [0.2, 0.25) is 5.02 Å². The van der Waals surface area contributed by atoms with Crippen LogP contribution < -0.4 is 14.8 Å². The number of rotatable bonds is 6. The molecule has 10 heteroatoms. The summed E-state index contributed by atoms with van der Waals surface area (Å²) in [5.74, 6) is -0.261. The highest BCUT2D eigenvalue weighted by atomic mass is 35.5. The van der Waals surface area contributed by atoms with Crippen molar-refractivity contribution in [1.29, 1.82) is 0 Å². The van der Waals surface area contributed by atoms with Gasteiger partial charge in [0.1, 0.15) is 5.75 Å². The molecule has 2 N–H and O–H groups in total. The Morgan fingerprint density at radius 3 is 2.73 bits per heavy atom.